The summed E-state index contributed by atoms with van der Waals surface area (Å²) in [5.41, 5.74) is 2.36. The van der Waals surface area contributed by atoms with Gasteiger partial charge in [-0.2, -0.15) is 5.10 Å². The molecular weight excluding hydrogens is 238 g/mol. The first-order valence-electron chi connectivity index (χ1n) is 6.49. The van der Waals surface area contributed by atoms with Gasteiger partial charge in [-0.15, -0.1) is 0 Å². The molecule has 1 amide bonds. The Labute approximate surface area is 113 Å². The summed E-state index contributed by atoms with van der Waals surface area (Å²) < 4.78 is 1.76. The molecule has 0 spiro atoms. The van der Waals surface area contributed by atoms with Gasteiger partial charge in [0.15, 0.2) is 0 Å². The molecular formula is C15H19N3O. The van der Waals surface area contributed by atoms with Crippen molar-refractivity contribution < 1.29 is 4.79 Å². The third-order valence-corrected chi connectivity index (χ3v) is 3.16. The summed E-state index contributed by atoms with van der Waals surface area (Å²) in [6, 6.07) is 10.00. The van der Waals surface area contributed by atoms with E-state index in [2.05, 4.69) is 23.4 Å². The van der Waals surface area contributed by atoms with Crippen molar-refractivity contribution in [1.82, 2.24) is 15.1 Å². The highest BCUT2D eigenvalue weighted by Crippen LogP contribution is 2.16. The van der Waals surface area contributed by atoms with Gasteiger partial charge in [0.25, 0.3) is 0 Å². The standard InChI is InChI=1S/C15H19N3O/c1-12-6-3-4-7-14(12)13(2)17-15(19)8-11-18-10-5-9-16-18/h3-7,9-10,13H,8,11H2,1-2H3,(H,17,19). The summed E-state index contributed by atoms with van der Waals surface area (Å²) in [5.74, 6) is 0.0475. The molecule has 1 N–H and O–H groups in total. The van der Waals surface area contributed by atoms with E-state index in [0.717, 1.165) is 5.56 Å². The Hall–Kier alpha value is -2.10. The number of carbonyl (C=O) groups is 1. The number of nitrogens with one attached hydrogen (secondary N) is 1. The smallest absolute Gasteiger partial charge is 0.222 e. The van der Waals surface area contributed by atoms with E-state index in [9.17, 15) is 4.79 Å². The third-order valence-electron chi connectivity index (χ3n) is 3.16. The van der Waals surface area contributed by atoms with Crippen molar-refractivity contribution in [3.8, 4) is 0 Å². The molecule has 0 fully saturated rings. The molecule has 0 bridgehead atoms. The van der Waals surface area contributed by atoms with Crippen molar-refractivity contribution in [2.24, 2.45) is 0 Å². The Morgan fingerprint density at radius 2 is 2.16 bits per heavy atom. The molecule has 4 nitrogen and oxygen atoms in total. The average molecular weight is 257 g/mol. The predicted molar refractivity (Wildman–Crippen MR) is 74.6 cm³/mol. The zero-order valence-electron chi connectivity index (χ0n) is 11.3. The maximum atomic E-state index is 11.9. The van der Waals surface area contributed by atoms with Crippen LogP contribution in [0.15, 0.2) is 42.7 Å². The summed E-state index contributed by atoms with van der Waals surface area (Å²) in [7, 11) is 0. The molecule has 0 saturated carbocycles. The van der Waals surface area contributed by atoms with Crippen LogP contribution in [0, 0.1) is 6.92 Å². The van der Waals surface area contributed by atoms with E-state index >= 15 is 0 Å². The van der Waals surface area contributed by atoms with E-state index in [1.54, 1.807) is 10.9 Å². The van der Waals surface area contributed by atoms with Gasteiger partial charge < -0.3 is 5.32 Å². The SMILES string of the molecule is Cc1ccccc1C(C)NC(=O)CCn1cccn1. The highest BCUT2D eigenvalue weighted by Gasteiger charge is 2.11. The summed E-state index contributed by atoms with van der Waals surface area (Å²) in [4.78, 5) is 11.9. The van der Waals surface area contributed by atoms with Crippen molar-refractivity contribution in [3.63, 3.8) is 0 Å². The Morgan fingerprint density at radius 1 is 1.37 bits per heavy atom. The Kier molecular flexibility index (Phi) is 4.34. The Bertz CT molecular complexity index is 534. The monoisotopic (exact) mass is 257 g/mol. The molecule has 0 aliphatic carbocycles. The molecule has 0 saturated heterocycles. The number of amides is 1. The quantitative estimate of drug-likeness (QED) is 0.894. The predicted octanol–water partition coefficient (Wildman–Crippen LogP) is 2.46. The van der Waals surface area contributed by atoms with Gasteiger partial charge in [0, 0.05) is 25.4 Å². The van der Waals surface area contributed by atoms with E-state index in [1.807, 2.05) is 37.4 Å². The van der Waals surface area contributed by atoms with E-state index < -0.39 is 0 Å². The zero-order chi connectivity index (χ0) is 13.7. The number of hydrogen-bond acceptors (Lipinski definition) is 2. The van der Waals surface area contributed by atoms with E-state index in [4.69, 9.17) is 0 Å². The lowest BCUT2D eigenvalue weighted by Crippen LogP contribution is -2.27. The van der Waals surface area contributed by atoms with E-state index in [-0.39, 0.29) is 11.9 Å². The second-order valence-electron chi connectivity index (χ2n) is 4.66. The normalized spacial score (nSPS) is 12.1. The van der Waals surface area contributed by atoms with Gasteiger partial charge in [0.05, 0.1) is 6.04 Å². The molecule has 2 rings (SSSR count). The van der Waals surface area contributed by atoms with Crippen molar-refractivity contribution in [3.05, 3.63) is 53.9 Å². The van der Waals surface area contributed by atoms with Crippen LogP contribution in [0.2, 0.25) is 0 Å². The second-order valence-corrected chi connectivity index (χ2v) is 4.66. The lowest BCUT2D eigenvalue weighted by Gasteiger charge is -2.16. The first-order chi connectivity index (χ1) is 9.16. The van der Waals surface area contributed by atoms with Crippen LogP contribution in [-0.4, -0.2) is 15.7 Å². The maximum Gasteiger partial charge on any atom is 0.222 e. The van der Waals surface area contributed by atoms with Gasteiger partial charge in [0.1, 0.15) is 0 Å². The molecule has 100 valence electrons. The van der Waals surface area contributed by atoms with Gasteiger partial charge >= 0.3 is 0 Å². The summed E-state index contributed by atoms with van der Waals surface area (Å²) >= 11 is 0. The first-order valence-corrected chi connectivity index (χ1v) is 6.49. The average Bonchev–Trinajstić information content (AvgIpc) is 2.90. The minimum absolute atomic E-state index is 0.0336. The fourth-order valence-corrected chi connectivity index (χ4v) is 2.11. The molecule has 2 aromatic rings. The highest BCUT2D eigenvalue weighted by molar-refractivity contribution is 5.76. The Morgan fingerprint density at radius 3 is 2.84 bits per heavy atom. The fourth-order valence-electron chi connectivity index (χ4n) is 2.11. The van der Waals surface area contributed by atoms with Gasteiger partial charge in [0.2, 0.25) is 5.91 Å². The van der Waals surface area contributed by atoms with E-state index in [1.165, 1.54) is 5.56 Å². The minimum atomic E-state index is 0.0336. The van der Waals surface area contributed by atoms with Gasteiger partial charge in [-0.3, -0.25) is 9.48 Å². The summed E-state index contributed by atoms with van der Waals surface area (Å²) in [6.45, 7) is 4.68. The topological polar surface area (TPSA) is 46.9 Å². The molecule has 4 heteroatoms. The number of benzene rings is 1. The molecule has 1 aromatic heterocycles. The van der Waals surface area contributed by atoms with Crippen LogP contribution in [-0.2, 0) is 11.3 Å². The lowest BCUT2D eigenvalue weighted by molar-refractivity contribution is -0.122. The molecule has 1 aromatic carbocycles. The van der Waals surface area contributed by atoms with Gasteiger partial charge in [-0.1, -0.05) is 24.3 Å². The van der Waals surface area contributed by atoms with Crippen LogP contribution in [0.3, 0.4) is 0 Å². The molecule has 0 aliphatic rings. The molecule has 0 aliphatic heterocycles. The van der Waals surface area contributed by atoms with Crippen LogP contribution in [0.5, 0.6) is 0 Å². The number of rotatable bonds is 5. The number of carbonyl (C=O) groups excluding carboxylic acids is 1. The molecule has 0 radical (unpaired) electrons. The van der Waals surface area contributed by atoms with Crippen molar-refractivity contribution in [2.75, 3.05) is 0 Å². The number of aromatic nitrogens is 2. The first kappa shape index (κ1) is 13.3. The van der Waals surface area contributed by atoms with Crippen molar-refractivity contribution in [1.29, 1.82) is 0 Å². The lowest BCUT2D eigenvalue weighted by atomic mass is 10.0. The van der Waals surface area contributed by atoms with Crippen LogP contribution in [0.25, 0.3) is 0 Å². The highest BCUT2D eigenvalue weighted by atomic mass is 16.1. The molecule has 19 heavy (non-hydrogen) atoms. The second kappa shape index (κ2) is 6.18. The number of hydrogen-bond donors (Lipinski definition) is 1. The summed E-state index contributed by atoms with van der Waals surface area (Å²) in [5, 5.41) is 7.10. The van der Waals surface area contributed by atoms with Gasteiger partial charge in [-0.25, -0.2) is 0 Å². The molecule has 1 heterocycles. The van der Waals surface area contributed by atoms with Crippen LogP contribution in [0.4, 0.5) is 0 Å². The molecule has 1 atom stereocenters. The van der Waals surface area contributed by atoms with Crippen molar-refractivity contribution >= 4 is 5.91 Å². The Balaban J connectivity index is 1.87. The number of aryl methyl sites for hydroxylation is 2. The summed E-state index contributed by atoms with van der Waals surface area (Å²) in [6.07, 6.45) is 4.02. The third kappa shape index (κ3) is 3.68. The minimum Gasteiger partial charge on any atom is -0.350 e. The van der Waals surface area contributed by atoms with Crippen LogP contribution in [0.1, 0.15) is 30.5 Å². The fraction of sp³-hybridized carbons (Fsp3) is 0.333. The molecule has 1 unspecified atom stereocenters. The number of nitrogens with zero attached hydrogens (tertiary/aromatic N) is 2. The van der Waals surface area contributed by atoms with Crippen LogP contribution < -0.4 is 5.32 Å². The van der Waals surface area contributed by atoms with Crippen molar-refractivity contribution in [2.45, 2.75) is 32.9 Å². The maximum absolute atomic E-state index is 11.9. The largest absolute Gasteiger partial charge is 0.350 e. The zero-order valence-corrected chi connectivity index (χ0v) is 11.3. The van der Waals surface area contributed by atoms with Gasteiger partial charge in [-0.05, 0) is 31.0 Å². The van der Waals surface area contributed by atoms with Crippen LogP contribution >= 0.6 is 0 Å². The van der Waals surface area contributed by atoms with E-state index in [0.29, 0.717) is 13.0 Å².